The first-order chi connectivity index (χ1) is 8.63. The second-order valence-corrected chi connectivity index (χ2v) is 4.98. The second kappa shape index (κ2) is 5.48. The predicted molar refractivity (Wildman–Crippen MR) is 67.9 cm³/mol. The topological polar surface area (TPSA) is 77.0 Å². The van der Waals surface area contributed by atoms with Gasteiger partial charge in [-0.3, -0.25) is 4.79 Å². The number of nitrogens with two attached hydrogens (primary N) is 1. The maximum Gasteiger partial charge on any atom is 0.276 e. The molecule has 1 aliphatic carbocycles. The van der Waals surface area contributed by atoms with Crippen molar-refractivity contribution >= 4 is 5.91 Å². The molecule has 0 saturated heterocycles. The summed E-state index contributed by atoms with van der Waals surface area (Å²) in [6.45, 7) is 0.642. The van der Waals surface area contributed by atoms with Gasteiger partial charge in [0.15, 0.2) is 5.69 Å². The highest BCUT2D eigenvalue weighted by Crippen LogP contribution is 2.27. The summed E-state index contributed by atoms with van der Waals surface area (Å²) in [7, 11) is 3.55. The van der Waals surface area contributed by atoms with Gasteiger partial charge in [0.1, 0.15) is 0 Å². The van der Waals surface area contributed by atoms with Crippen molar-refractivity contribution in [1.82, 2.24) is 19.9 Å². The molecule has 2 N–H and O–H groups in total. The van der Waals surface area contributed by atoms with Gasteiger partial charge in [-0.25, -0.2) is 0 Å². The quantitative estimate of drug-likeness (QED) is 0.844. The molecule has 0 aliphatic heterocycles. The van der Waals surface area contributed by atoms with Crippen LogP contribution >= 0.6 is 0 Å². The molecular weight excluding hydrogens is 230 g/mol. The van der Waals surface area contributed by atoms with E-state index in [-0.39, 0.29) is 11.9 Å². The van der Waals surface area contributed by atoms with Crippen LogP contribution in [0.5, 0.6) is 0 Å². The molecule has 1 saturated carbocycles. The number of nitrogens with zero attached hydrogens (tertiary/aromatic N) is 4. The van der Waals surface area contributed by atoms with Crippen LogP contribution in [0.15, 0.2) is 6.20 Å². The van der Waals surface area contributed by atoms with Gasteiger partial charge in [-0.2, -0.15) is 9.90 Å². The lowest BCUT2D eigenvalue weighted by molar-refractivity contribution is 0.0613. The SMILES string of the molecule is CN(C(=O)c1cnn(C)n1)C1CCCCC1CN. The molecule has 0 aromatic carbocycles. The molecular formula is C12H21N5O. The lowest BCUT2D eigenvalue weighted by Crippen LogP contribution is -2.46. The Balaban J connectivity index is 2.09. The third-order valence-electron chi connectivity index (χ3n) is 3.81. The number of amides is 1. The van der Waals surface area contributed by atoms with Crippen LogP contribution in [0, 0.1) is 5.92 Å². The van der Waals surface area contributed by atoms with E-state index in [1.54, 1.807) is 11.9 Å². The maximum atomic E-state index is 12.3. The van der Waals surface area contributed by atoms with E-state index < -0.39 is 0 Å². The summed E-state index contributed by atoms with van der Waals surface area (Å²) in [5, 5.41) is 8.00. The van der Waals surface area contributed by atoms with E-state index in [4.69, 9.17) is 5.73 Å². The van der Waals surface area contributed by atoms with Crippen LogP contribution in [-0.2, 0) is 7.05 Å². The molecule has 2 unspecified atom stereocenters. The van der Waals surface area contributed by atoms with Crippen molar-refractivity contribution in [3.05, 3.63) is 11.9 Å². The molecule has 100 valence electrons. The van der Waals surface area contributed by atoms with Crippen molar-refractivity contribution in [3.8, 4) is 0 Å². The van der Waals surface area contributed by atoms with Gasteiger partial charge in [-0.15, -0.1) is 5.10 Å². The highest BCUT2D eigenvalue weighted by atomic mass is 16.2. The molecule has 1 aromatic rings. The Morgan fingerprint density at radius 3 is 2.89 bits per heavy atom. The largest absolute Gasteiger partial charge is 0.337 e. The average Bonchev–Trinajstić information content (AvgIpc) is 2.83. The Morgan fingerprint density at radius 1 is 1.56 bits per heavy atom. The summed E-state index contributed by atoms with van der Waals surface area (Å²) in [4.78, 5) is 15.5. The highest BCUT2D eigenvalue weighted by Gasteiger charge is 2.31. The number of carbonyl (C=O) groups excluding carboxylic acids is 1. The third-order valence-corrected chi connectivity index (χ3v) is 3.81. The molecule has 0 spiro atoms. The number of carbonyl (C=O) groups is 1. The van der Waals surface area contributed by atoms with Gasteiger partial charge in [-0.05, 0) is 25.3 Å². The minimum absolute atomic E-state index is 0.0616. The monoisotopic (exact) mass is 251 g/mol. The summed E-state index contributed by atoms with van der Waals surface area (Å²) < 4.78 is 0. The summed E-state index contributed by atoms with van der Waals surface area (Å²) in [5.74, 6) is 0.345. The molecule has 1 fully saturated rings. The highest BCUT2D eigenvalue weighted by molar-refractivity contribution is 5.91. The van der Waals surface area contributed by atoms with E-state index in [1.807, 2.05) is 7.05 Å². The van der Waals surface area contributed by atoms with E-state index in [2.05, 4.69) is 10.2 Å². The fourth-order valence-electron chi connectivity index (χ4n) is 2.75. The van der Waals surface area contributed by atoms with Crippen molar-refractivity contribution in [2.24, 2.45) is 18.7 Å². The van der Waals surface area contributed by atoms with Gasteiger partial charge < -0.3 is 10.6 Å². The van der Waals surface area contributed by atoms with Crippen LogP contribution in [0.25, 0.3) is 0 Å². The minimum atomic E-state index is -0.0616. The van der Waals surface area contributed by atoms with Gasteiger partial charge >= 0.3 is 0 Å². The molecule has 6 heteroatoms. The Bertz CT molecular complexity index is 416. The van der Waals surface area contributed by atoms with Gasteiger partial charge in [0.25, 0.3) is 5.91 Å². The first kappa shape index (κ1) is 13.0. The normalized spacial score (nSPS) is 23.9. The zero-order valence-electron chi connectivity index (χ0n) is 11.0. The van der Waals surface area contributed by atoms with E-state index in [1.165, 1.54) is 23.8 Å². The third kappa shape index (κ3) is 2.53. The fraction of sp³-hybridized carbons (Fsp3) is 0.750. The van der Waals surface area contributed by atoms with Crippen molar-refractivity contribution in [3.63, 3.8) is 0 Å². The van der Waals surface area contributed by atoms with Crippen LogP contribution in [0.1, 0.15) is 36.2 Å². The summed E-state index contributed by atoms with van der Waals surface area (Å²) in [5.41, 5.74) is 6.21. The van der Waals surface area contributed by atoms with Crippen molar-refractivity contribution in [2.45, 2.75) is 31.7 Å². The van der Waals surface area contributed by atoms with Crippen LogP contribution in [0.2, 0.25) is 0 Å². The summed E-state index contributed by atoms with van der Waals surface area (Å²) in [6, 6.07) is 0.234. The number of hydrogen-bond donors (Lipinski definition) is 1. The van der Waals surface area contributed by atoms with E-state index >= 15 is 0 Å². The van der Waals surface area contributed by atoms with Crippen molar-refractivity contribution in [2.75, 3.05) is 13.6 Å². The lowest BCUT2D eigenvalue weighted by Gasteiger charge is -2.37. The number of aromatic nitrogens is 3. The molecule has 2 atom stereocenters. The maximum absolute atomic E-state index is 12.3. The van der Waals surface area contributed by atoms with Gasteiger partial charge in [0, 0.05) is 20.1 Å². The van der Waals surface area contributed by atoms with E-state index in [9.17, 15) is 4.79 Å². The van der Waals surface area contributed by atoms with Gasteiger partial charge in [-0.1, -0.05) is 12.8 Å². The first-order valence-corrected chi connectivity index (χ1v) is 6.47. The molecule has 6 nitrogen and oxygen atoms in total. The Morgan fingerprint density at radius 2 is 2.28 bits per heavy atom. The second-order valence-electron chi connectivity index (χ2n) is 4.98. The van der Waals surface area contributed by atoms with Crippen LogP contribution < -0.4 is 5.73 Å². The average molecular weight is 251 g/mol. The Labute approximate surface area is 107 Å². The zero-order valence-corrected chi connectivity index (χ0v) is 11.0. The Hall–Kier alpha value is -1.43. The fourth-order valence-corrected chi connectivity index (χ4v) is 2.75. The standard InChI is InChI=1S/C12H21N5O/c1-16(11-6-4-3-5-9(11)7-13)12(18)10-8-14-17(2)15-10/h8-9,11H,3-7,13H2,1-2H3. The van der Waals surface area contributed by atoms with Crippen LogP contribution in [0.4, 0.5) is 0 Å². The molecule has 1 aliphatic rings. The minimum Gasteiger partial charge on any atom is -0.337 e. The molecule has 1 aromatic heterocycles. The molecule has 2 rings (SSSR count). The number of rotatable bonds is 3. The van der Waals surface area contributed by atoms with Crippen LogP contribution in [-0.4, -0.2) is 45.4 Å². The lowest BCUT2D eigenvalue weighted by atomic mass is 9.83. The Kier molecular flexibility index (Phi) is 3.96. The molecule has 18 heavy (non-hydrogen) atoms. The molecule has 1 heterocycles. The van der Waals surface area contributed by atoms with Gasteiger partial charge in [0.2, 0.25) is 0 Å². The molecule has 0 radical (unpaired) electrons. The predicted octanol–water partition coefficient (Wildman–Crippen LogP) is 0.405. The van der Waals surface area contributed by atoms with Crippen molar-refractivity contribution < 1.29 is 4.79 Å². The summed E-state index contributed by atoms with van der Waals surface area (Å²) in [6.07, 6.45) is 6.04. The number of hydrogen-bond acceptors (Lipinski definition) is 4. The molecule has 0 bridgehead atoms. The van der Waals surface area contributed by atoms with Crippen LogP contribution in [0.3, 0.4) is 0 Å². The zero-order chi connectivity index (χ0) is 13.1. The van der Waals surface area contributed by atoms with E-state index in [0.29, 0.717) is 18.2 Å². The van der Waals surface area contributed by atoms with Gasteiger partial charge in [0.05, 0.1) is 6.20 Å². The number of aryl methyl sites for hydroxylation is 1. The first-order valence-electron chi connectivity index (χ1n) is 6.47. The smallest absolute Gasteiger partial charge is 0.276 e. The summed E-state index contributed by atoms with van der Waals surface area (Å²) >= 11 is 0. The van der Waals surface area contributed by atoms with Crippen molar-refractivity contribution in [1.29, 1.82) is 0 Å². The van der Waals surface area contributed by atoms with E-state index in [0.717, 1.165) is 12.8 Å². The molecule has 1 amide bonds.